The molecule has 0 unspecified atom stereocenters. The molecule has 0 amide bonds. The van der Waals surface area contributed by atoms with Gasteiger partial charge in [0, 0.05) is 17.6 Å². The van der Waals surface area contributed by atoms with Crippen molar-refractivity contribution in [2.45, 2.75) is 6.42 Å². The lowest BCUT2D eigenvalue weighted by Gasteiger charge is -1.86. The van der Waals surface area contributed by atoms with Gasteiger partial charge in [0.05, 0.1) is 0 Å². The summed E-state index contributed by atoms with van der Waals surface area (Å²) in [5, 5.41) is 16.0. The van der Waals surface area contributed by atoms with E-state index in [1.165, 1.54) is 0 Å². The van der Waals surface area contributed by atoms with E-state index in [0.29, 0.717) is 0 Å². The molecule has 0 aliphatic heterocycles. The molecule has 0 aliphatic carbocycles. The molecule has 0 rings (SSSR count). The highest BCUT2D eigenvalue weighted by Crippen LogP contribution is 1.78. The summed E-state index contributed by atoms with van der Waals surface area (Å²) in [6.07, 6.45) is 0.715. The van der Waals surface area contributed by atoms with E-state index in [4.69, 9.17) is 5.41 Å². The van der Waals surface area contributed by atoms with Crippen LogP contribution in [0.2, 0.25) is 0 Å². The van der Waals surface area contributed by atoms with E-state index in [1.54, 1.807) is 0 Å². The van der Waals surface area contributed by atoms with E-state index in [-0.39, 0.29) is 6.42 Å². The number of nitro groups is 1. The van der Waals surface area contributed by atoms with E-state index in [1.807, 2.05) is 0 Å². The first kappa shape index (κ1) is 7.74. The van der Waals surface area contributed by atoms with Gasteiger partial charge in [0.15, 0.2) is 0 Å². The predicted molar refractivity (Wildman–Crippen MR) is 30.3 cm³/mol. The first-order chi connectivity index (χ1) is 4.16. The van der Waals surface area contributed by atoms with Gasteiger partial charge in [-0.25, -0.2) is 0 Å². The van der Waals surface area contributed by atoms with Gasteiger partial charge in [-0.15, -0.1) is 0 Å². The normalized spacial score (nSPS) is 8.44. The van der Waals surface area contributed by atoms with Gasteiger partial charge in [-0.3, -0.25) is 14.9 Å². The second-order valence-corrected chi connectivity index (χ2v) is 1.44. The fourth-order valence-electron chi connectivity index (χ4n) is 0.322. The molecular weight excluding hydrogens is 124 g/mol. The standard InChI is InChI=1S/C4H6N2O3/c5-2-1-4(7)3-6(8)9/h2,5H,1,3H2. The summed E-state index contributed by atoms with van der Waals surface area (Å²) >= 11 is 0. The minimum Gasteiger partial charge on any atom is -0.313 e. The highest BCUT2D eigenvalue weighted by molar-refractivity contribution is 5.91. The van der Waals surface area contributed by atoms with Crippen molar-refractivity contribution >= 4 is 12.0 Å². The summed E-state index contributed by atoms with van der Waals surface area (Å²) in [5.74, 6) is -0.532. The summed E-state index contributed by atoms with van der Waals surface area (Å²) in [5.41, 5.74) is 0. The third kappa shape index (κ3) is 4.60. The molecule has 0 aliphatic rings. The molecule has 5 nitrogen and oxygen atoms in total. The molecule has 0 aromatic rings. The lowest BCUT2D eigenvalue weighted by molar-refractivity contribution is -0.467. The summed E-state index contributed by atoms with van der Waals surface area (Å²) in [6, 6.07) is 0. The van der Waals surface area contributed by atoms with Gasteiger partial charge in [0.25, 0.3) is 6.54 Å². The van der Waals surface area contributed by atoms with E-state index in [0.717, 1.165) is 6.21 Å². The average Bonchev–Trinajstić information content (AvgIpc) is 1.63. The molecule has 0 saturated carbocycles. The third-order valence-corrected chi connectivity index (χ3v) is 0.635. The summed E-state index contributed by atoms with van der Waals surface area (Å²) < 4.78 is 0. The minimum atomic E-state index is -0.703. The molecule has 0 bridgehead atoms. The van der Waals surface area contributed by atoms with E-state index >= 15 is 0 Å². The van der Waals surface area contributed by atoms with Gasteiger partial charge in [0.1, 0.15) is 0 Å². The highest BCUT2D eigenvalue weighted by Gasteiger charge is 2.05. The quantitative estimate of drug-likeness (QED) is 0.327. The topological polar surface area (TPSA) is 84.1 Å². The van der Waals surface area contributed by atoms with E-state index in [2.05, 4.69) is 0 Å². The van der Waals surface area contributed by atoms with Crippen LogP contribution >= 0.6 is 0 Å². The van der Waals surface area contributed by atoms with Crippen molar-refractivity contribution in [1.82, 2.24) is 0 Å². The smallest absolute Gasteiger partial charge is 0.261 e. The Balaban J connectivity index is 3.50. The number of ketones is 1. The molecule has 0 saturated heterocycles. The number of hydrogen-bond acceptors (Lipinski definition) is 4. The number of hydrogen-bond donors (Lipinski definition) is 1. The number of carbonyl (C=O) groups is 1. The fraction of sp³-hybridized carbons (Fsp3) is 0.500. The van der Waals surface area contributed by atoms with Crippen LogP contribution in [0.25, 0.3) is 0 Å². The van der Waals surface area contributed by atoms with Crippen LogP contribution in [0.4, 0.5) is 0 Å². The van der Waals surface area contributed by atoms with Crippen molar-refractivity contribution < 1.29 is 9.72 Å². The highest BCUT2D eigenvalue weighted by atomic mass is 16.6. The third-order valence-electron chi connectivity index (χ3n) is 0.635. The van der Waals surface area contributed by atoms with Gasteiger partial charge in [-0.1, -0.05) is 0 Å². The molecule has 0 radical (unpaired) electrons. The van der Waals surface area contributed by atoms with Crippen molar-refractivity contribution in [2.24, 2.45) is 0 Å². The van der Waals surface area contributed by atoms with Crippen molar-refractivity contribution in [3.8, 4) is 0 Å². The van der Waals surface area contributed by atoms with Crippen LogP contribution < -0.4 is 0 Å². The van der Waals surface area contributed by atoms with Crippen molar-refractivity contribution in [3.05, 3.63) is 10.1 Å². The molecule has 1 N–H and O–H groups in total. The maximum Gasteiger partial charge on any atom is 0.261 e. The first-order valence-corrected chi connectivity index (χ1v) is 2.29. The maximum absolute atomic E-state index is 10.3. The second-order valence-electron chi connectivity index (χ2n) is 1.44. The zero-order valence-electron chi connectivity index (χ0n) is 4.66. The lowest BCUT2D eigenvalue weighted by Crippen LogP contribution is -2.13. The van der Waals surface area contributed by atoms with Gasteiger partial charge in [0.2, 0.25) is 5.78 Å². The molecule has 5 heteroatoms. The van der Waals surface area contributed by atoms with Crippen LogP contribution in [0, 0.1) is 15.5 Å². The zero-order chi connectivity index (χ0) is 7.28. The Morgan fingerprint density at radius 1 is 1.78 bits per heavy atom. The molecule has 0 aromatic heterocycles. The van der Waals surface area contributed by atoms with E-state index < -0.39 is 17.3 Å². The number of Topliss-reactive ketones (excluding diaryl/α,β-unsaturated/α-hetero) is 1. The van der Waals surface area contributed by atoms with Crippen LogP contribution in [0.5, 0.6) is 0 Å². The van der Waals surface area contributed by atoms with Crippen LogP contribution in [-0.4, -0.2) is 23.5 Å². The zero-order valence-corrected chi connectivity index (χ0v) is 4.66. The van der Waals surface area contributed by atoms with Gasteiger partial charge >= 0.3 is 0 Å². The summed E-state index contributed by atoms with van der Waals surface area (Å²) in [6.45, 7) is -0.671. The number of nitrogens with zero attached hydrogens (tertiary/aromatic N) is 1. The largest absolute Gasteiger partial charge is 0.313 e. The molecular formula is C4H6N2O3. The average molecular weight is 130 g/mol. The minimum absolute atomic E-state index is 0.138. The van der Waals surface area contributed by atoms with Crippen molar-refractivity contribution in [1.29, 1.82) is 5.41 Å². The molecule has 0 heterocycles. The Labute approximate surface area is 51.3 Å². The molecule has 0 aromatic carbocycles. The van der Waals surface area contributed by atoms with Crippen LogP contribution in [-0.2, 0) is 4.79 Å². The number of nitrogens with one attached hydrogen (secondary N) is 1. The molecule has 9 heavy (non-hydrogen) atoms. The SMILES string of the molecule is N=CCC(=O)C[N+](=O)[O-]. The summed E-state index contributed by atoms with van der Waals surface area (Å²) in [4.78, 5) is 19.2. The first-order valence-electron chi connectivity index (χ1n) is 2.29. The molecule has 0 atom stereocenters. The Bertz CT molecular complexity index is 143. The molecule has 50 valence electrons. The Morgan fingerprint density at radius 3 is 2.67 bits per heavy atom. The van der Waals surface area contributed by atoms with Gasteiger partial charge < -0.3 is 5.41 Å². The number of rotatable bonds is 4. The maximum atomic E-state index is 10.3. The predicted octanol–water partition coefficient (Wildman–Crippen LogP) is -0.128. The van der Waals surface area contributed by atoms with Crippen LogP contribution in [0.3, 0.4) is 0 Å². The monoisotopic (exact) mass is 130 g/mol. The van der Waals surface area contributed by atoms with Crippen molar-refractivity contribution in [2.75, 3.05) is 6.54 Å². The Kier molecular flexibility index (Phi) is 3.19. The van der Waals surface area contributed by atoms with Gasteiger partial charge in [-0.2, -0.15) is 0 Å². The van der Waals surface area contributed by atoms with Crippen LogP contribution in [0.15, 0.2) is 0 Å². The lowest BCUT2D eigenvalue weighted by atomic mass is 10.3. The Hall–Kier alpha value is -1.26. The van der Waals surface area contributed by atoms with Gasteiger partial charge in [-0.05, 0) is 0 Å². The fourth-order valence-corrected chi connectivity index (χ4v) is 0.322. The van der Waals surface area contributed by atoms with Crippen molar-refractivity contribution in [3.63, 3.8) is 0 Å². The number of carbonyl (C=O) groups excluding carboxylic acids is 1. The van der Waals surface area contributed by atoms with E-state index in [9.17, 15) is 14.9 Å². The molecule has 0 fully saturated rings. The van der Waals surface area contributed by atoms with Crippen LogP contribution in [0.1, 0.15) is 6.42 Å². The second kappa shape index (κ2) is 3.71. The Morgan fingerprint density at radius 2 is 2.33 bits per heavy atom. The summed E-state index contributed by atoms with van der Waals surface area (Å²) in [7, 11) is 0. The molecule has 0 spiro atoms.